The van der Waals surface area contributed by atoms with Crippen LogP contribution in [0.25, 0.3) is 0 Å². The fraction of sp³-hybridized carbons (Fsp3) is 0.500. The number of aromatic nitrogens is 1. The molecule has 0 bridgehead atoms. The zero-order chi connectivity index (χ0) is 22.3. The number of ether oxygens (including phenoxy) is 1. The third-order valence-corrected chi connectivity index (χ3v) is 3.86. The Morgan fingerprint density at radius 2 is 1.84 bits per heavy atom. The largest absolute Gasteiger partial charge is 0.491 e. The normalized spacial score (nSPS) is 11.7. The van der Waals surface area contributed by atoms with Gasteiger partial charge in [-0.15, -0.1) is 24.0 Å². The standard InChI is InChI=1S/C22H33N5O3.HI/c1-14(2)29-18-10-8-17(9-11-18)26-21(23-12-19(28)27-22(5,6)7)24-13-20-25-15(3)16(4)30-20;/h8-11,14H,12-13H2,1-7H3,(H,27,28)(H2,23,24,26);1H. The first-order valence-electron chi connectivity index (χ1n) is 10.1. The van der Waals surface area contributed by atoms with E-state index in [4.69, 9.17) is 9.15 Å². The monoisotopic (exact) mass is 543 g/mol. The molecule has 9 heteroatoms. The number of hydrogen-bond acceptors (Lipinski definition) is 5. The van der Waals surface area contributed by atoms with Crippen LogP contribution in [0.3, 0.4) is 0 Å². The van der Waals surface area contributed by atoms with Gasteiger partial charge in [-0.3, -0.25) is 4.79 Å². The second-order valence-corrected chi connectivity index (χ2v) is 8.38. The van der Waals surface area contributed by atoms with Gasteiger partial charge in [-0.05, 0) is 72.7 Å². The minimum atomic E-state index is -0.312. The molecule has 8 nitrogen and oxygen atoms in total. The average Bonchev–Trinajstić information content (AvgIpc) is 2.95. The number of nitrogens with one attached hydrogen (secondary N) is 3. The van der Waals surface area contributed by atoms with Crippen LogP contribution < -0.4 is 20.7 Å². The Morgan fingerprint density at radius 1 is 1.19 bits per heavy atom. The van der Waals surface area contributed by atoms with Gasteiger partial charge in [-0.1, -0.05) is 0 Å². The van der Waals surface area contributed by atoms with E-state index < -0.39 is 0 Å². The number of benzene rings is 1. The first-order valence-corrected chi connectivity index (χ1v) is 10.1. The third-order valence-electron chi connectivity index (χ3n) is 3.86. The number of rotatable bonds is 7. The number of guanidine groups is 1. The average molecular weight is 543 g/mol. The Bertz CT molecular complexity index is 851. The molecular formula is C22H34IN5O3. The van der Waals surface area contributed by atoms with Crippen molar-refractivity contribution in [1.29, 1.82) is 0 Å². The molecule has 0 atom stereocenters. The summed E-state index contributed by atoms with van der Waals surface area (Å²) in [5.41, 5.74) is 1.35. The van der Waals surface area contributed by atoms with E-state index in [2.05, 4.69) is 25.9 Å². The summed E-state index contributed by atoms with van der Waals surface area (Å²) in [6.07, 6.45) is 0.108. The zero-order valence-corrected chi connectivity index (χ0v) is 21.7. The van der Waals surface area contributed by atoms with Gasteiger partial charge >= 0.3 is 0 Å². The summed E-state index contributed by atoms with van der Waals surface area (Å²) >= 11 is 0. The predicted octanol–water partition coefficient (Wildman–Crippen LogP) is 4.17. The minimum Gasteiger partial charge on any atom is -0.491 e. The topological polar surface area (TPSA) is 101 Å². The highest BCUT2D eigenvalue weighted by Gasteiger charge is 2.14. The second-order valence-electron chi connectivity index (χ2n) is 8.38. The summed E-state index contributed by atoms with van der Waals surface area (Å²) in [5, 5.41) is 9.26. The maximum absolute atomic E-state index is 12.2. The van der Waals surface area contributed by atoms with E-state index >= 15 is 0 Å². The molecule has 0 spiro atoms. The number of carbonyl (C=O) groups excluding carboxylic acids is 1. The molecule has 1 aromatic heterocycles. The molecule has 0 saturated carbocycles. The van der Waals surface area contributed by atoms with E-state index in [-0.39, 0.29) is 48.1 Å². The fourth-order valence-corrected chi connectivity index (χ4v) is 2.55. The first kappa shape index (κ1) is 26.7. The lowest BCUT2D eigenvalue weighted by molar-refractivity contribution is -0.121. The van der Waals surface area contributed by atoms with Crippen molar-refractivity contribution in [2.45, 2.75) is 66.7 Å². The summed E-state index contributed by atoms with van der Waals surface area (Å²) in [4.78, 5) is 20.9. The number of aryl methyl sites for hydroxylation is 2. The van der Waals surface area contributed by atoms with Crippen LogP contribution in [0.1, 0.15) is 52.0 Å². The van der Waals surface area contributed by atoms with E-state index in [1.165, 1.54) is 0 Å². The van der Waals surface area contributed by atoms with Crippen molar-refractivity contribution >= 4 is 41.5 Å². The van der Waals surface area contributed by atoms with Crippen molar-refractivity contribution in [2.75, 3.05) is 11.9 Å². The van der Waals surface area contributed by atoms with Gasteiger partial charge in [0.1, 0.15) is 18.1 Å². The van der Waals surface area contributed by atoms with Crippen LogP contribution in [-0.2, 0) is 11.3 Å². The minimum absolute atomic E-state index is 0. The van der Waals surface area contributed by atoms with Crippen LogP contribution in [0, 0.1) is 13.8 Å². The third kappa shape index (κ3) is 10.0. The highest BCUT2D eigenvalue weighted by Crippen LogP contribution is 2.17. The number of aliphatic imine (C=N–C) groups is 1. The molecule has 0 aliphatic rings. The summed E-state index contributed by atoms with van der Waals surface area (Å²) < 4.78 is 11.3. The van der Waals surface area contributed by atoms with Crippen LogP contribution >= 0.6 is 24.0 Å². The molecule has 0 radical (unpaired) electrons. The lowest BCUT2D eigenvalue weighted by Gasteiger charge is -2.20. The van der Waals surface area contributed by atoms with Crippen molar-refractivity contribution in [3.05, 3.63) is 41.6 Å². The molecule has 1 amide bonds. The fourth-order valence-electron chi connectivity index (χ4n) is 2.55. The molecular weight excluding hydrogens is 509 g/mol. The lowest BCUT2D eigenvalue weighted by Crippen LogP contribution is -2.42. The molecule has 1 heterocycles. The molecule has 172 valence electrons. The number of amides is 1. The van der Waals surface area contributed by atoms with Gasteiger partial charge in [0.25, 0.3) is 0 Å². The van der Waals surface area contributed by atoms with Crippen LogP contribution in [0.2, 0.25) is 0 Å². The SMILES string of the molecule is Cc1nc(CNC(=NCC(=O)NC(C)(C)C)Nc2ccc(OC(C)C)cc2)oc1C.I. The highest BCUT2D eigenvalue weighted by molar-refractivity contribution is 14.0. The van der Waals surface area contributed by atoms with Gasteiger partial charge in [0.15, 0.2) is 5.96 Å². The Balaban J connectivity index is 0.00000480. The van der Waals surface area contributed by atoms with Crippen molar-refractivity contribution in [2.24, 2.45) is 4.99 Å². The highest BCUT2D eigenvalue weighted by atomic mass is 127. The van der Waals surface area contributed by atoms with Crippen LogP contribution in [0.5, 0.6) is 5.75 Å². The first-order chi connectivity index (χ1) is 14.0. The van der Waals surface area contributed by atoms with E-state index in [1.54, 1.807) is 0 Å². The molecule has 0 aliphatic heterocycles. The number of nitrogens with zero attached hydrogens (tertiary/aromatic N) is 2. The van der Waals surface area contributed by atoms with Gasteiger partial charge in [-0.2, -0.15) is 0 Å². The molecule has 3 N–H and O–H groups in total. The summed E-state index contributed by atoms with van der Waals surface area (Å²) in [6, 6.07) is 7.55. The number of hydrogen-bond donors (Lipinski definition) is 3. The summed E-state index contributed by atoms with van der Waals surface area (Å²) in [6.45, 7) is 13.9. The molecule has 0 unspecified atom stereocenters. The Labute approximate surface area is 201 Å². The van der Waals surface area contributed by atoms with E-state index in [0.717, 1.165) is 22.9 Å². The van der Waals surface area contributed by atoms with Gasteiger partial charge in [-0.25, -0.2) is 9.98 Å². The van der Waals surface area contributed by atoms with E-state index in [9.17, 15) is 4.79 Å². The van der Waals surface area contributed by atoms with E-state index in [0.29, 0.717) is 18.4 Å². The Hall–Kier alpha value is -2.30. The molecule has 0 aliphatic carbocycles. The Kier molecular flexibility index (Phi) is 10.3. The van der Waals surface area contributed by atoms with Gasteiger partial charge in [0.05, 0.1) is 18.3 Å². The van der Waals surface area contributed by atoms with Crippen molar-refractivity contribution in [3.8, 4) is 5.75 Å². The zero-order valence-electron chi connectivity index (χ0n) is 19.3. The number of anilines is 1. The number of carbonyl (C=O) groups is 1. The molecule has 31 heavy (non-hydrogen) atoms. The quantitative estimate of drug-likeness (QED) is 0.276. The van der Waals surface area contributed by atoms with Crippen LogP contribution in [0.4, 0.5) is 5.69 Å². The van der Waals surface area contributed by atoms with Crippen molar-refractivity contribution < 1.29 is 13.9 Å². The number of halogens is 1. The summed E-state index contributed by atoms with van der Waals surface area (Å²) in [7, 11) is 0. The van der Waals surface area contributed by atoms with E-state index in [1.807, 2.05) is 72.7 Å². The predicted molar refractivity (Wildman–Crippen MR) is 134 cm³/mol. The van der Waals surface area contributed by atoms with Crippen LogP contribution in [0.15, 0.2) is 33.7 Å². The van der Waals surface area contributed by atoms with Crippen LogP contribution in [-0.4, -0.2) is 35.0 Å². The maximum Gasteiger partial charge on any atom is 0.242 e. The van der Waals surface area contributed by atoms with Gasteiger partial charge in [0.2, 0.25) is 11.8 Å². The van der Waals surface area contributed by atoms with Gasteiger partial charge in [0, 0.05) is 11.2 Å². The smallest absolute Gasteiger partial charge is 0.242 e. The van der Waals surface area contributed by atoms with Crippen molar-refractivity contribution in [1.82, 2.24) is 15.6 Å². The Morgan fingerprint density at radius 3 is 2.35 bits per heavy atom. The molecule has 0 fully saturated rings. The molecule has 2 rings (SSSR count). The lowest BCUT2D eigenvalue weighted by atomic mass is 10.1. The van der Waals surface area contributed by atoms with Crippen molar-refractivity contribution in [3.63, 3.8) is 0 Å². The number of oxazole rings is 1. The molecule has 0 saturated heterocycles. The molecule has 1 aromatic carbocycles. The molecule has 2 aromatic rings. The maximum atomic E-state index is 12.2. The van der Waals surface area contributed by atoms with Gasteiger partial charge < -0.3 is 25.1 Å². The summed E-state index contributed by atoms with van der Waals surface area (Å²) in [5.74, 6) is 2.41. The second kappa shape index (κ2) is 11.9.